The number of nitrogens with zero attached hydrogens (tertiary/aromatic N) is 1. The van der Waals surface area contributed by atoms with E-state index in [2.05, 4.69) is 21.0 Å². The Morgan fingerprint density at radius 2 is 2.12 bits per heavy atom. The lowest BCUT2D eigenvalue weighted by Gasteiger charge is -2.04. The van der Waals surface area contributed by atoms with Crippen LogP contribution in [0.15, 0.2) is 27.5 Å². The maximum absolute atomic E-state index is 11.8. The van der Waals surface area contributed by atoms with Crippen molar-refractivity contribution in [2.45, 2.75) is 20.4 Å². The highest BCUT2D eigenvalue weighted by Crippen LogP contribution is 2.23. The summed E-state index contributed by atoms with van der Waals surface area (Å²) in [6.07, 6.45) is 0. The quantitative estimate of drug-likeness (QED) is 0.907. The number of H-pyrrole nitrogens is 1. The van der Waals surface area contributed by atoms with Crippen LogP contribution in [0.25, 0.3) is 0 Å². The van der Waals surface area contributed by atoms with E-state index in [1.807, 2.05) is 32.0 Å². The van der Waals surface area contributed by atoms with E-state index in [1.165, 1.54) is 0 Å². The maximum Gasteiger partial charge on any atom is 0.269 e. The molecule has 3 nitrogen and oxygen atoms in total. The molecule has 1 N–H and O–H groups in total. The first-order chi connectivity index (χ1) is 7.99. The molecule has 0 saturated heterocycles. The number of aromatic amines is 1. The van der Waals surface area contributed by atoms with Gasteiger partial charge in [0.05, 0.1) is 11.6 Å². The highest BCUT2D eigenvalue weighted by Gasteiger charge is 2.07. The predicted octanol–water partition coefficient (Wildman–Crippen LogP) is 3.26. The van der Waals surface area contributed by atoms with Crippen molar-refractivity contribution in [3.05, 3.63) is 54.9 Å². The molecule has 90 valence electrons. The molecule has 5 heteroatoms. The second-order valence-corrected chi connectivity index (χ2v) is 5.26. The van der Waals surface area contributed by atoms with Gasteiger partial charge in [-0.15, -0.1) is 0 Å². The van der Waals surface area contributed by atoms with Crippen molar-refractivity contribution in [2.24, 2.45) is 0 Å². The Labute approximate surface area is 113 Å². The molecule has 0 unspecified atom stereocenters. The lowest BCUT2D eigenvalue weighted by Crippen LogP contribution is -2.18. The monoisotopic (exact) mass is 314 g/mol. The highest BCUT2D eigenvalue weighted by atomic mass is 79.9. The Morgan fingerprint density at radius 1 is 1.41 bits per heavy atom. The van der Waals surface area contributed by atoms with Crippen LogP contribution in [-0.2, 0) is 6.54 Å². The number of aryl methyl sites for hydroxylation is 1. The number of benzene rings is 1. The van der Waals surface area contributed by atoms with E-state index in [4.69, 9.17) is 11.6 Å². The molecule has 2 aromatic rings. The Kier molecular flexibility index (Phi) is 3.45. The maximum atomic E-state index is 11.8. The summed E-state index contributed by atoms with van der Waals surface area (Å²) >= 11 is 9.29. The average molecular weight is 316 g/mol. The summed E-state index contributed by atoms with van der Waals surface area (Å²) in [5.41, 5.74) is 2.71. The van der Waals surface area contributed by atoms with Gasteiger partial charge in [-0.3, -0.25) is 9.89 Å². The van der Waals surface area contributed by atoms with Gasteiger partial charge in [-0.05, 0) is 47.5 Å². The molecule has 0 atom stereocenters. The van der Waals surface area contributed by atoms with Gasteiger partial charge in [0.25, 0.3) is 5.56 Å². The Balaban J connectivity index is 2.35. The molecule has 1 aromatic heterocycles. The van der Waals surface area contributed by atoms with Crippen molar-refractivity contribution in [1.29, 1.82) is 0 Å². The van der Waals surface area contributed by atoms with Gasteiger partial charge in [0.2, 0.25) is 0 Å². The zero-order valence-electron chi connectivity index (χ0n) is 9.55. The molecule has 0 aliphatic rings. The molecule has 1 aromatic carbocycles. The van der Waals surface area contributed by atoms with Crippen LogP contribution in [0.2, 0.25) is 5.02 Å². The summed E-state index contributed by atoms with van der Waals surface area (Å²) in [4.78, 5) is 11.8. The molecule has 0 saturated carbocycles. The molecule has 0 aliphatic heterocycles. The Hall–Kier alpha value is -1.00. The van der Waals surface area contributed by atoms with Crippen LogP contribution in [0.3, 0.4) is 0 Å². The fourth-order valence-corrected chi connectivity index (χ4v) is 2.18. The third kappa shape index (κ3) is 2.48. The van der Waals surface area contributed by atoms with Crippen molar-refractivity contribution < 1.29 is 0 Å². The number of rotatable bonds is 2. The van der Waals surface area contributed by atoms with Gasteiger partial charge in [-0.1, -0.05) is 17.7 Å². The summed E-state index contributed by atoms with van der Waals surface area (Å²) in [5, 5.41) is 3.72. The summed E-state index contributed by atoms with van der Waals surface area (Å²) in [6.45, 7) is 4.23. The van der Waals surface area contributed by atoms with Gasteiger partial charge in [-0.25, -0.2) is 4.68 Å². The largest absolute Gasteiger partial charge is 0.299 e. The lowest BCUT2D eigenvalue weighted by molar-refractivity contribution is 0.657. The number of hydrogen-bond donors (Lipinski definition) is 1. The molecular weight excluding hydrogens is 304 g/mol. The van der Waals surface area contributed by atoms with Crippen molar-refractivity contribution in [2.75, 3.05) is 0 Å². The van der Waals surface area contributed by atoms with E-state index >= 15 is 0 Å². The van der Waals surface area contributed by atoms with Crippen molar-refractivity contribution in [3.8, 4) is 0 Å². The summed E-state index contributed by atoms with van der Waals surface area (Å²) < 4.78 is 2.44. The van der Waals surface area contributed by atoms with Gasteiger partial charge in [0.1, 0.15) is 0 Å². The van der Waals surface area contributed by atoms with E-state index in [0.717, 1.165) is 21.3 Å². The normalized spacial score (nSPS) is 10.8. The van der Waals surface area contributed by atoms with Crippen LogP contribution in [-0.4, -0.2) is 9.78 Å². The van der Waals surface area contributed by atoms with Crippen molar-refractivity contribution in [3.63, 3.8) is 0 Å². The minimum atomic E-state index is 0.0218. The molecule has 0 radical (unpaired) electrons. The van der Waals surface area contributed by atoms with Crippen LogP contribution in [0.4, 0.5) is 0 Å². The fourth-order valence-electron chi connectivity index (χ4n) is 1.63. The minimum Gasteiger partial charge on any atom is -0.299 e. The van der Waals surface area contributed by atoms with Gasteiger partial charge >= 0.3 is 0 Å². The molecule has 17 heavy (non-hydrogen) atoms. The highest BCUT2D eigenvalue weighted by molar-refractivity contribution is 9.10. The molecular formula is C12H12BrClN2O. The van der Waals surface area contributed by atoms with E-state index in [-0.39, 0.29) is 5.56 Å². The molecule has 0 spiro atoms. The first-order valence-electron chi connectivity index (χ1n) is 5.19. The van der Waals surface area contributed by atoms with E-state index < -0.39 is 0 Å². The number of halogens is 2. The molecule has 0 fully saturated rings. The summed E-state index contributed by atoms with van der Waals surface area (Å²) in [6, 6.07) is 5.64. The van der Waals surface area contributed by atoms with Crippen molar-refractivity contribution in [1.82, 2.24) is 9.78 Å². The SMILES string of the molecule is Cc1[nH]n(Cc2ccc(Cl)c(Br)c2)c(=O)c1C. The standard InChI is InChI=1S/C12H12BrClN2O/c1-7-8(2)15-16(12(7)17)6-9-3-4-11(14)10(13)5-9/h3-5,15H,6H2,1-2H3. The van der Waals surface area contributed by atoms with Crippen LogP contribution < -0.4 is 5.56 Å². The zero-order chi connectivity index (χ0) is 12.6. The Morgan fingerprint density at radius 3 is 2.65 bits per heavy atom. The van der Waals surface area contributed by atoms with Gasteiger partial charge in [0.15, 0.2) is 0 Å². The summed E-state index contributed by atoms with van der Waals surface area (Å²) in [5.74, 6) is 0. The molecule has 0 aliphatic carbocycles. The first-order valence-corrected chi connectivity index (χ1v) is 6.36. The van der Waals surface area contributed by atoms with E-state index in [9.17, 15) is 4.79 Å². The van der Waals surface area contributed by atoms with E-state index in [1.54, 1.807) is 4.68 Å². The first kappa shape index (κ1) is 12.5. The van der Waals surface area contributed by atoms with Crippen LogP contribution in [0.1, 0.15) is 16.8 Å². The average Bonchev–Trinajstić information content (AvgIpc) is 2.52. The topological polar surface area (TPSA) is 37.8 Å². The van der Waals surface area contributed by atoms with Crippen LogP contribution in [0.5, 0.6) is 0 Å². The number of nitrogens with one attached hydrogen (secondary N) is 1. The molecule has 0 amide bonds. The Bertz CT molecular complexity index is 615. The van der Waals surface area contributed by atoms with Gasteiger partial charge in [-0.2, -0.15) is 0 Å². The molecule has 1 heterocycles. The second-order valence-electron chi connectivity index (χ2n) is 4.00. The second kappa shape index (κ2) is 4.70. The third-order valence-corrected chi connectivity index (χ3v) is 3.97. The van der Waals surface area contributed by atoms with E-state index in [0.29, 0.717) is 11.6 Å². The van der Waals surface area contributed by atoms with Gasteiger partial charge < -0.3 is 0 Å². The number of hydrogen-bond acceptors (Lipinski definition) is 1. The molecule has 2 rings (SSSR count). The summed E-state index contributed by atoms with van der Waals surface area (Å²) in [7, 11) is 0. The molecule has 0 bridgehead atoms. The van der Waals surface area contributed by atoms with Gasteiger partial charge in [0, 0.05) is 15.7 Å². The zero-order valence-corrected chi connectivity index (χ0v) is 11.9. The van der Waals surface area contributed by atoms with Crippen LogP contribution in [0, 0.1) is 13.8 Å². The predicted molar refractivity (Wildman–Crippen MR) is 72.8 cm³/mol. The minimum absolute atomic E-state index is 0.0218. The lowest BCUT2D eigenvalue weighted by atomic mass is 10.2. The van der Waals surface area contributed by atoms with Crippen molar-refractivity contribution >= 4 is 27.5 Å². The fraction of sp³-hybridized carbons (Fsp3) is 0.250. The number of aromatic nitrogens is 2. The smallest absolute Gasteiger partial charge is 0.269 e. The third-order valence-electron chi connectivity index (χ3n) is 2.76. The van der Waals surface area contributed by atoms with Crippen LogP contribution >= 0.6 is 27.5 Å².